The number of anilines is 3. The van der Waals surface area contributed by atoms with Crippen molar-refractivity contribution in [3.63, 3.8) is 0 Å². The highest BCUT2D eigenvalue weighted by atomic mass is 32.1. The van der Waals surface area contributed by atoms with Crippen molar-refractivity contribution in [3.8, 4) is 0 Å². The number of nitrogens with one attached hydrogen (secondary N) is 2. The molecule has 6 nitrogen and oxygen atoms in total. The summed E-state index contributed by atoms with van der Waals surface area (Å²) in [4.78, 5) is 31.2. The number of carbonyl (C=O) groups excluding carboxylic acids is 2. The van der Waals surface area contributed by atoms with Crippen LogP contribution >= 0.6 is 11.3 Å². The van der Waals surface area contributed by atoms with Crippen molar-refractivity contribution in [2.45, 2.75) is 19.3 Å². The standard InChI is InChI=1S/C22H22N4O2S/c27-20(14-16-6-2-1-3-7-16)25-22-24-19(15-29-22)21(28)23-17-8-10-18(11-9-17)26-12-4-5-13-26/h1-3,6-11,15H,4-5,12-14H2,(H,23,28)(H,24,25,27). The Morgan fingerprint density at radius 1 is 0.966 bits per heavy atom. The van der Waals surface area contributed by atoms with Crippen molar-refractivity contribution in [2.24, 2.45) is 0 Å². The fourth-order valence-electron chi connectivity index (χ4n) is 3.31. The first kappa shape index (κ1) is 19.1. The van der Waals surface area contributed by atoms with Gasteiger partial charge in [-0.15, -0.1) is 11.3 Å². The Labute approximate surface area is 173 Å². The maximum atomic E-state index is 12.5. The molecule has 0 aliphatic carbocycles. The smallest absolute Gasteiger partial charge is 0.275 e. The molecule has 1 aliphatic rings. The summed E-state index contributed by atoms with van der Waals surface area (Å²) in [6.07, 6.45) is 2.73. The highest BCUT2D eigenvalue weighted by Crippen LogP contribution is 2.23. The number of rotatable bonds is 6. The zero-order chi connectivity index (χ0) is 20.1. The predicted octanol–water partition coefficient (Wildman–Crippen LogP) is 4.18. The Hall–Kier alpha value is -3.19. The molecule has 2 heterocycles. The number of carbonyl (C=O) groups is 2. The van der Waals surface area contributed by atoms with E-state index in [1.807, 2.05) is 54.6 Å². The summed E-state index contributed by atoms with van der Waals surface area (Å²) in [5.74, 6) is -0.450. The maximum Gasteiger partial charge on any atom is 0.275 e. The van der Waals surface area contributed by atoms with Gasteiger partial charge in [0.1, 0.15) is 5.69 Å². The number of nitrogens with zero attached hydrogens (tertiary/aromatic N) is 2. The molecule has 0 saturated carbocycles. The van der Waals surface area contributed by atoms with Crippen LogP contribution in [-0.4, -0.2) is 29.9 Å². The zero-order valence-electron chi connectivity index (χ0n) is 15.9. The molecule has 0 unspecified atom stereocenters. The summed E-state index contributed by atoms with van der Waals surface area (Å²) in [7, 11) is 0. The van der Waals surface area contributed by atoms with Gasteiger partial charge in [-0.3, -0.25) is 9.59 Å². The molecule has 148 valence electrons. The van der Waals surface area contributed by atoms with E-state index in [2.05, 4.69) is 20.5 Å². The minimum atomic E-state index is -0.293. The van der Waals surface area contributed by atoms with E-state index in [1.54, 1.807) is 5.38 Å². The SMILES string of the molecule is O=C(Cc1ccccc1)Nc1nc(C(=O)Nc2ccc(N3CCCC3)cc2)cs1. The molecule has 0 spiro atoms. The van der Waals surface area contributed by atoms with Gasteiger partial charge in [-0.1, -0.05) is 30.3 Å². The minimum absolute atomic E-state index is 0.157. The van der Waals surface area contributed by atoms with Gasteiger partial charge in [0.15, 0.2) is 5.13 Å². The Morgan fingerprint density at radius 2 is 1.69 bits per heavy atom. The van der Waals surface area contributed by atoms with Crippen molar-refractivity contribution in [1.82, 2.24) is 4.98 Å². The van der Waals surface area contributed by atoms with Gasteiger partial charge in [0.25, 0.3) is 5.91 Å². The van der Waals surface area contributed by atoms with Crippen LogP contribution < -0.4 is 15.5 Å². The van der Waals surface area contributed by atoms with E-state index in [1.165, 1.54) is 29.9 Å². The van der Waals surface area contributed by atoms with E-state index >= 15 is 0 Å². The molecule has 2 aromatic carbocycles. The quantitative estimate of drug-likeness (QED) is 0.644. The van der Waals surface area contributed by atoms with E-state index < -0.39 is 0 Å². The monoisotopic (exact) mass is 406 g/mol. The van der Waals surface area contributed by atoms with Crippen LogP contribution in [0.2, 0.25) is 0 Å². The molecule has 3 aromatic rings. The first-order chi connectivity index (χ1) is 14.2. The van der Waals surface area contributed by atoms with Crippen LogP contribution in [0, 0.1) is 0 Å². The third-order valence-electron chi connectivity index (χ3n) is 4.79. The summed E-state index contributed by atoms with van der Waals surface area (Å²) in [6.45, 7) is 2.17. The third kappa shape index (κ3) is 5.00. The molecular formula is C22H22N4O2S. The number of hydrogen-bond acceptors (Lipinski definition) is 5. The van der Waals surface area contributed by atoms with Crippen LogP contribution in [0.15, 0.2) is 60.0 Å². The van der Waals surface area contributed by atoms with Gasteiger partial charge in [0, 0.05) is 29.8 Å². The van der Waals surface area contributed by atoms with Gasteiger partial charge in [0.2, 0.25) is 5.91 Å². The Balaban J connectivity index is 1.32. The Morgan fingerprint density at radius 3 is 2.41 bits per heavy atom. The lowest BCUT2D eigenvalue weighted by Gasteiger charge is -2.17. The van der Waals surface area contributed by atoms with Gasteiger partial charge in [0.05, 0.1) is 6.42 Å². The van der Waals surface area contributed by atoms with Gasteiger partial charge in [-0.05, 0) is 42.7 Å². The topological polar surface area (TPSA) is 74.3 Å². The molecule has 2 N–H and O–H groups in total. The molecule has 1 aliphatic heterocycles. The molecule has 4 rings (SSSR count). The van der Waals surface area contributed by atoms with Crippen LogP contribution in [0.1, 0.15) is 28.9 Å². The number of hydrogen-bond donors (Lipinski definition) is 2. The van der Waals surface area contributed by atoms with Crippen LogP contribution in [0.25, 0.3) is 0 Å². The van der Waals surface area contributed by atoms with E-state index in [-0.39, 0.29) is 23.9 Å². The number of aromatic nitrogens is 1. The lowest BCUT2D eigenvalue weighted by atomic mass is 10.1. The molecule has 1 fully saturated rings. The van der Waals surface area contributed by atoms with E-state index in [9.17, 15) is 9.59 Å². The van der Waals surface area contributed by atoms with Gasteiger partial charge >= 0.3 is 0 Å². The van der Waals surface area contributed by atoms with Crippen LogP contribution in [0.3, 0.4) is 0 Å². The Bertz CT molecular complexity index is 980. The molecular weight excluding hydrogens is 384 g/mol. The van der Waals surface area contributed by atoms with Crippen LogP contribution in [-0.2, 0) is 11.2 Å². The summed E-state index contributed by atoms with van der Waals surface area (Å²) in [5.41, 5.74) is 3.11. The van der Waals surface area contributed by atoms with Crippen molar-refractivity contribution in [2.75, 3.05) is 28.6 Å². The number of benzene rings is 2. The largest absolute Gasteiger partial charge is 0.372 e. The first-order valence-electron chi connectivity index (χ1n) is 9.63. The summed E-state index contributed by atoms with van der Waals surface area (Å²) < 4.78 is 0. The second-order valence-corrected chi connectivity index (χ2v) is 7.80. The molecule has 29 heavy (non-hydrogen) atoms. The fraction of sp³-hybridized carbons (Fsp3) is 0.227. The summed E-state index contributed by atoms with van der Waals surface area (Å²) in [6, 6.07) is 17.4. The van der Waals surface area contributed by atoms with Crippen molar-refractivity contribution in [1.29, 1.82) is 0 Å². The highest BCUT2D eigenvalue weighted by Gasteiger charge is 2.15. The maximum absolute atomic E-state index is 12.5. The molecule has 2 amide bonds. The average molecular weight is 407 g/mol. The van der Waals surface area contributed by atoms with E-state index in [0.29, 0.717) is 5.13 Å². The number of amides is 2. The van der Waals surface area contributed by atoms with Crippen LogP contribution in [0.5, 0.6) is 0 Å². The Kier molecular flexibility index (Phi) is 5.86. The van der Waals surface area contributed by atoms with Gasteiger partial charge < -0.3 is 15.5 Å². The molecule has 0 atom stereocenters. The lowest BCUT2D eigenvalue weighted by Crippen LogP contribution is -2.17. The van der Waals surface area contributed by atoms with Crippen molar-refractivity contribution >= 4 is 39.7 Å². The highest BCUT2D eigenvalue weighted by molar-refractivity contribution is 7.14. The first-order valence-corrected chi connectivity index (χ1v) is 10.5. The summed E-state index contributed by atoms with van der Waals surface area (Å²) >= 11 is 1.24. The van der Waals surface area contributed by atoms with E-state index in [4.69, 9.17) is 0 Å². The van der Waals surface area contributed by atoms with Crippen molar-refractivity contribution < 1.29 is 9.59 Å². The zero-order valence-corrected chi connectivity index (χ0v) is 16.7. The van der Waals surface area contributed by atoms with Gasteiger partial charge in [-0.25, -0.2) is 4.98 Å². The third-order valence-corrected chi connectivity index (χ3v) is 5.54. The lowest BCUT2D eigenvalue weighted by molar-refractivity contribution is -0.115. The molecule has 7 heteroatoms. The average Bonchev–Trinajstić information content (AvgIpc) is 3.41. The molecule has 1 saturated heterocycles. The minimum Gasteiger partial charge on any atom is -0.372 e. The van der Waals surface area contributed by atoms with Crippen molar-refractivity contribution in [3.05, 3.63) is 71.2 Å². The van der Waals surface area contributed by atoms with Gasteiger partial charge in [-0.2, -0.15) is 0 Å². The second kappa shape index (κ2) is 8.87. The second-order valence-electron chi connectivity index (χ2n) is 6.94. The van der Waals surface area contributed by atoms with Crippen LogP contribution in [0.4, 0.5) is 16.5 Å². The fourth-order valence-corrected chi connectivity index (χ4v) is 4.01. The molecule has 0 radical (unpaired) electrons. The number of thiazole rings is 1. The molecule has 0 bridgehead atoms. The molecule has 1 aromatic heterocycles. The summed E-state index contributed by atoms with van der Waals surface area (Å²) in [5, 5.41) is 7.67. The normalized spacial score (nSPS) is 13.3. The van der Waals surface area contributed by atoms with E-state index in [0.717, 1.165) is 24.3 Å². The predicted molar refractivity (Wildman–Crippen MR) is 117 cm³/mol.